The van der Waals surface area contributed by atoms with E-state index in [4.69, 9.17) is 0 Å². The Morgan fingerprint density at radius 1 is 1.06 bits per heavy atom. The van der Waals surface area contributed by atoms with Gasteiger partial charge in [-0.2, -0.15) is 0 Å². The van der Waals surface area contributed by atoms with E-state index in [9.17, 15) is 14.0 Å². The summed E-state index contributed by atoms with van der Waals surface area (Å²) in [4.78, 5) is 27.5. The highest BCUT2D eigenvalue weighted by molar-refractivity contribution is 8.00. The molecule has 1 saturated heterocycles. The van der Waals surface area contributed by atoms with Crippen molar-refractivity contribution in [3.05, 3.63) is 95.3 Å². The number of nitrogens with one attached hydrogen (secondary N) is 1. The minimum Gasteiger partial charge on any atom is -0.322 e. The summed E-state index contributed by atoms with van der Waals surface area (Å²) in [5.74, 6) is -0.194. The van der Waals surface area contributed by atoms with Crippen LogP contribution in [0.25, 0.3) is 0 Å². The molecule has 0 radical (unpaired) electrons. The molecule has 6 heteroatoms. The van der Waals surface area contributed by atoms with Crippen molar-refractivity contribution in [2.75, 3.05) is 16.0 Å². The summed E-state index contributed by atoms with van der Waals surface area (Å²) in [6.07, 6.45) is 0. The number of hydrogen-bond donors (Lipinski definition) is 1. The lowest BCUT2D eigenvalue weighted by atomic mass is 10.00. The third kappa shape index (κ3) is 4.35. The number of amides is 2. The predicted octanol–water partition coefficient (Wildman–Crippen LogP) is 5.98. The Bertz CT molecular complexity index is 1130. The van der Waals surface area contributed by atoms with Gasteiger partial charge in [-0.15, -0.1) is 11.8 Å². The van der Waals surface area contributed by atoms with Crippen molar-refractivity contribution >= 4 is 35.0 Å². The Morgan fingerprint density at radius 2 is 1.81 bits per heavy atom. The molecule has 31 heavy (non-hydrogen) atoms. The number of halogens is 1. The Balaban J connectivity index is 1.70. The standard InChI is InChI=1S/C25H23FN2O2S/c1-16(2)19-10-4-6-13-22(19)28-23(29)15-31-25(28)20-11-3-5-12-21(20)27-24(30)17-8-7-9-18(26)14-17/h3-14,16,25H,15H2,1-2H3,(H,27,30)/t25-/m1/s1. The number of carbonyl (C=O) groups is 2. The second kappa shape index (κ2) is 8.94. The van der Waals surface area contributed by atoms with Gasteiger partial charge in [0.1, 0.15) is 11.2 Å². The van der Waals surface area contributed by atoms with Crippen LogP contribution < -0.4 is 10.2 Å². The number of thioether (sulfide) groups is 1. The van der Waals surface area contributed by atoms with Gasteiger partial charge in [0.05, 0.1) is 5.75 Å². The molecule has 158 valence electrons. The zero-order chi connectivity index (χ0) is 22.0. The Kier molecular flexibility index (Phi) is 6.09. The van der Waals surface area contributed by atoms with Gasteiger partial charge in [0, 0.05) is 22.5 Å². The van der Waals surface area contributed by atoms with E-state index in [2.05, 4.69) is 19.2 Å². The number of benzene rings is 3. The van der Waals surface area contributed by atoms with E-state index < -0.39 is 11.7 Å². The smallest absolute Gasteiger partial charge is 0.255 e. The van der Waals surface area contributed by atoms with Gasteiger partial charge in [0.25, 0.3) is 5.91 Å². The maximum atomic E-state index is 13.5. The van der Waals surface area contributed by atoms with Crippen LogP contribution in [0.15, 0.2) is 72.8 Å². The van der Waals surface area contributed by atoms with E-state index in [1.165, 1.54) is 30.0 Å². The van der Waals surface area contributed by atoms with Crippen LogP contribution in [-0.2, 0) is 4.79 Å². The zero-order valence-electron chi connectivity index (χ0n) is 17.3. The average Bonchev–Trinajstić information content (AvgIpc) is 3.15. The van der Waals surface area contributed by atoms with E-state index in [-0.39, 0.29) is 22.8 Å². The summed E-state index contributed by atoms with van der Waals surface area (Å²) in [5, 5.41) is 2.63. The lowest BCUT2D eigenvalue weighted by Gasteiger charge is -2.29. The van der Waals surface area contributed by atoms with Gasteiger partial charge in [-0.25, -0.2) is 4.39 Å². The number of hydrogen-bond acceptors (Lipinski definition) is 3. The molecule has 1 aliphatic heterocycles. The van der Waals surface area contributed by atoms with Crippen LogP contribution in [0.1, 0.15) is 46.6 Å². The van der Waals surface area contributed by atoms with Crippen LogP contribution in [0.5, 0.6) is 0 Å². The molecule has 4 rings (SSSR count). The molecular weight excluding hydrogens is 411 g/mol. The second-order valence-corrected chi connectivity index (χ2v) is 8.76. The highest BCUT2D eigenvalue weighted by Gasteiger charge is 2.36. The summed E-state index contributed by atoms with van der Waals surface area (Å²) in [6, 6.07) is 21.0. The number of carbonyl (C=O) groups excluding carboxylic acids is 2. The third-order valence-electron chi connectivity index (χ3n) is 5.25. The fraction of sp³-hybridized carbons (Fsp3) is 0.200. The lowest BCUT2D eigenvalue weighted by molar-refractivity contribution is -0.115. The van der Waals surface area contributed by atoms with Gasteiger partial charge in [0.15, 0.2) is 0 Å². The molecule has 1 atom stereocenters. The highest BCUT2D eigenvalue weighted by Crippen LogP contribution is 2.46. The molecule has 0 saturated carbocycles. The normalized spacial score (nSPS) is 16.1. The van der Waals surface area contributed by atoms with Crippen molar-refractivity contribution in [2.24, 2.45) is 0 Å². The molecule has 1 heterocycles. The zero-order valence-corrected chi connectivity index (χ0v) is 18.2. The molecule has 0 aromatic heterocycles. The summed E-state index contributed by atoms with van der Waals surface area (Å²) in [7, 11) is 0. The van der Waals surface area contributed by atoms with Gasteiger partial charge in [-0.3, -0.25) is 14.5 Å². The van der Waals surface area contributed by atoms with Crippen LogP contribution >= 0.6 is 11.8 Å². The molecule has 0 unspecified atom stereocenters. The summed E-state index contributed by atoms with van der Waals surface area (Å²) < 4.78 is 13.5. The fourth-order valence-corrected chi connectivity index (χ4v) is 4.96. The minimum atomic E-state index is -0.464. The summed E-state index contributed by atoms with van der Waals surface area (Å²) in [6.45, 7) is 4.21. The average molecular weight is 435 g/mol. The van der Waals surface area contributed by atoms with Crippen LogP contribution in [-0.4, -0.2) is 17.6 Å². The molecular formula is C25H23FN2O2S. The molecule has 0 aliphatic carbocycles. The number of rotatable bonds is 5. The van der Waals surface area contributed by atoms with Crippen LogP contribution in [0.3, 0.4) is 0 Å². The van der Waals surface area contributed by atoms with Crippen molar-refractivity contribution in [1.29, 1.82) is 0 Å². The van der Waals surface area contributed by atoms with Gasteiger partial charge in [-0.05, 0) is 41.8 Å². The first-order chi connectivity index (χ1) is 15.0. The van der Waals surface area contributed by atoms with Crippen molar-refractivity contribution in [3.63, 3.8) is 0 Å². The van der Waals surface area contributed by atoms with Crippen LogP contribution in [0.4, 0.5) is 15.8 Å². The largest absolute Gasteiger partial charge is 0.322 e. The maximum Gasteiger partial charge on any atom is 0.255 e. The first-order valence-electron chi connectivity index (χ1n) is 10.1. The van der Waals surface area contributed by atoms with E-state index >= 15 is 0 Å². The minimum absolute atomic E-state index is 0.0364. The van der Waals surface area contributed by atoms with E-state index in [1.54, 1.807) is 6.07 Å². The van der Waals surface area contributed by atoms with E-state index in [0.29, 0.717) is 11.4 Å². The number of nitrogens with zero attached hydrogens (tertiary/aromatic N) is 1. The SMILES string of the molecule is CC(C)c1ccccc1N1C(=O)CS[C@@H]1c1ccccc1NC(=O)c1cccc(F)c1. The molecule has 0 spiro atoms. The monoisotopic (exact) mass is 434 g/mol. The van der Waals surface area contributed by atoms with E-state index in [0.717, 1.165) is 16.8 Å². The molecule has 1 N–H and O–H groups in total. The molecule has 3 aromatic carbocycles. The molecule has 3 aromatic rings. The molecule has 4 nitrogen and oxygen atoms in total. The van der Waals surface area contributed by atoms with E-state index in [1.807, 2.05) is 53.4 Å². The van der Waals surface area contributed by atoms with Crippen LogP contribution in [0, 0.1) is 5.82 Å². The third-order valence-corrected chi connectivity index (χ3v) is 6.44. The van der Waals surface area contributed by atoms with Gasteiger partial charge in [0.2, 0.25) is 5.91 Å². The maximum absolute atomic E-state index is 13.5. The van der Waals surface area contributed by atoms with Crippen LogP contribution in [0.2, 0.25) is 0 Å². The Labute approximate surface area is 185 Å². The first-order valence-corrected chi connectivity index (χ1v) is 11.2. The quantitative estimate of drug-likeness (QED) is 0.537. The molecule has 2 amide bonds. The van der Waals surface area contributed by atoms with Crippen molar-refractivity contribution in [3.8, 4) is 0 Å². The fourth-order valence-electron chi connectivity index (χ4n) is 3.76. The Morgan fingerprint density at radius 3 is 2.58 bits per heavy atom. The van der Waals surface area contributed by atoms with Crippen molar-refractivity contribution in [1.82, 2.24) is 0 Å². The molecule has 1 fully saturated rings. The van der Waals surface area contributed by atoms with Crippen molar-refractivity contribution in [2.45, 2.75) is 25.1 Å². The number of anilines is 2. The highest BCUT2D eigenvalue weighted by atomic mass is 32.2. The topological polar surface area (TPSA) is 49.4 Å². The number of para-hydroxylation sites is 2. The summed E-state index contributed by atoms with van der Waals surface area (Å²) in [5.41, 5.74) is 3.68. The molecule has 0 bridgehead atoms. The second-order valence-electron chi connectivity index (χ2n) is 7.69. The van der Waals surface area contributed by atoms with Gasteiger partial charge < -0.3 is 5.32 Å². The summed E-state index contributed by atoms with van der Waals surface area (Å²) >= 11 is 1.53. The van der Waals surface area contributed by atoms with Gasteiger partial charge >= 0.3 is 0 Å². The van der Waals surface area contributed by atoms with Gasteiger partial charge in [-0.1, -0.05) is 56.3 Å². The molecule has 1 aliphatic rings. The first kappa shape index (κ1) is 21.1. The Hall–Kier alpha value is -3.12. The lowest BCUT2D eigenvalue weighted by Crippen LogP contribution is -2.29. The predicted molar refractivity (Wildman–Crippen MR) is 124 cm³/mol. The van der Waals surface area contributed by atoms with Crippen molar-refractivity contribution < 1.29 is 14.0 Å².